The molecule has 12 N–H and O–H groups in total. The fraction of sp³-hybridized carbons (Fsp3) is 0.700. The lowest BCUT2D eigenvalue weighted by molar-refractivity contribution is -0.143. The van der Waals surface area contributed by atoms with Gasteiger partial charge in [-0.1, -0.05) is 0 Å². The first-order valence-corrected chi connectivity index (χ1v) is 12.5. The number of carboxylic acids is 2. The summed E-state index contributed by atoms with van der Waals surface area (Å²) in [4.78, 5) is 64.1. The van der Waals surface area contributed by atoms with Crippen LogP contribution in [0.1, 0.15) is 39.0 Å². The topological polar surface area (TPSA) is 273 Å². The first kappa shape index (κ1) is 32.9. The Bertz CT molecular complexity index is 792. The third kappa shape index (κ3) is 13.7. The van der Waals surface area contributed by atoms with Gasteiger partial charge in [-0.2, -0.15) is 11.8 Å². The highest BCUT2D eigenvalue weighted by Crippen LogP contribution is 2.05. The van der Waals surface area contributed by atoms with E-state index in [9.17, 15) is 34.2 Å². The molecule has 0 aromatic carbocycles. The zero-order chi connectivity index (χ0) is 27.8. The van der Waals surface area contributed by atoms with Gasteiger partial charge < -0.3 is 48.5 Å². The molecule has 0 aliphatic carbocycles. The van der Waals surface area contributed by atoms with E-state index in [1.807, 2.05) is 6.26 Å². The number of aliphatic carboxylic acids is 2. The van der Waals surface area contributed by atoms with E-state index in [0.29, 0.717) is 12.2 Å². The summed E-state index contributed by atoms with van der Waals surface area (Å²) in [5, 5.41) is 35.3. The Balaban J connectivity index is 5.40. The van der Waals surface area contributed by atoms with Crippen molar-refractivity contribution >= 4 is 47.4 Å². The van der Waals surface area contributed by atoms with Crippen LogP contribution in [0.5, 0.6) is 0 Å². The number of nitrogens with one attached hydrogen (secondary N) is 3. The molecule has 0 fully saturated rings. The lowest BCUT2D eigenvalue weighted by Gasteiger charge is -2.26. The second kappa shape index (κ2) is 17.3. The van der Waals surface area contributed by atoms with E-state index in [0.717, 1.165) is 0 Å². The highest BCUT2D eigenvalue weighted by molar-refractivity contribution is 7.98. The number of hydrogen-bond donors (Lipinski definition) is 9. The maximum atomic E-state index is 12.8. The van der Waals surface area contributed by atoms with Crippen LogP contribution >= 0.6 is 11.8 Å². The van der Waals surface area contributed by atoms with E-state index in [1.54, 1.807) is 0 Å². The van der Waals surface area contributed by atoms with Gasteiger partial charge in [0.15, 0.2) is 5.96 Å². The van der Waals surface area contributed by atoms with Crippen LogP contribution in [0.15, 0.2) is 4.99 Å². The third-order valence-electron chi connectivity index (χ3n) is 4.87. The molecule has 0 rings (SSSR count). The van der Waals surface area contributed by atoms with Crippen molar-refractivity contribution in [2.75, 3.05) is 18.6 Å². The molecular formula is C20H37N7O8S. The standard InChI is InChI=1S/C20H37N7O8S/c1-10(28)15(18(33)26-13(19(34)35)4-3-8-24-20(22)23)27-17(32)12(5-6-14(29)30)25-16(31)11(21)7-9-36-2/h10-13,15,28H,3-9,21H2,1-2H3,(H,25,31)(H,26,33)(H,27,32)(H,29,30)(H,34,35)(H4,22,23,24). The fourth-order valence-electron chi connectivity index (χ4n) is 2.87. The van der Waals surface area contributed by atoms with Crippen LogP contribution in [0.3, 0.4) is 0 Å². The summed E-state index contributed by atoms with van der Waals surface area (Å²) >= 11 is 1.47. The van der Waals surface area contributed by atoms with Crippen molar-refractivity contribution in [2.24, 2.45) is 22.2 Å². The second-order valence-electron chi connectivity index (χ2n) is 7.96. The molecule has 0 aliphatic heterocycles. The molecule has 0 spiro atoms. The molecule has 0 bridgehead atoms. The van der Waals surface area contributed by atoms with Gasteiger partial charge in [0.05, 0.1) is 12.1 Å². The Morgan fingerprint density at radius 3 is 2.03 bits per heavy atom. The molecule has 3 amide bonds. The van der Waals surface area contributed by atoms with Crippen molar-refractivity contribution in [3.05, 3.63) is 0 Å². The minimum atomic E-state index is -1.59. The Morgan fingerprint density at radius 2 is 1.53 bits per heavy atom. The number of rotatable bonds is 18. The van der Waals surface area contributed by atoms with Gasteiger partial charge in [-0.15, -0.1) is 0 Å². The average Bonchev–Trinajstić information content (AvgIpc) is 2.79. The highest BCUT2D eigenvalue weighted by atomic mass is 32.2. The fourth-order valence-corrected chi connectivity index (χ4v) is 3.36. The van der Waals surface area contributed by atoms with Gasteiger partial charge in [0, 0.05) is 13.0 Å². The van der Waals surface area contributed by atoms with Crippen LogP contribution in [-0.2, 0) is 24.0 Å². The van der Waals surface area contributed by atoms with Crippen molar-refractivity contribution in [3.63, 3.8) is 0 Å². The van der Waals surface area contributed by atoms with E-state index in [2.05, 4.69) is 20.9 Å². The molecule has 0 radical (unpaired) electrons. The molecule has 0 heterocycles. The predicted molar refractivity (Wildman–Crippen MR) is 133 cm³/mol. The lowest BCUT2D eigenvalue weighted by atomic mass is 10.1. The number of guanidine groups is 1. The maximum Gasteiger partial charge on any atom is 0.326 e. The summed E-state index contributed by atoms with van der Waals surface area (Å²) in [6.45, 7) is 1.32. The van der Waals surface area contributed by atoms with Gasteiger partial charge in [0.25, 0.3) is 0 Å². The molecule has 0 aromatic heterocycles. The molecule has 5 atom stereocenters. The monoisotopic (exact) mass is 535 g/mol. The zero-order valence-corrected chi connectivity index (χ0v) is 21.1. The number of aliphatic imine (C=N–C) groups is 1. The number of hydrogen-bond acceptors (Lipinski definition) is 9. The van der Waals surface area contributed by atoms with Gasteiger partial charge in [-0.25, -0.2) is 4.79 Å². The molecule has 0 aromatic rings. The summed E-state index contributed by atoms with van der Waals surface area (Å²) in [6.07, 6.45) is 0.0984. The first-order valence-electron chi connectivity index (χ1n) is 11.1. The third-order valence-corrected chi connectivity index (χ3v) is 5.52. The summed E-state index contributed by atoms with van der Waals surface area (Å²) in [6, 6.07) is -5.25. The number of carboxylic acid groups (broad SMARTS) is 2. The van der Waals surface area contributed by atoms with Crippen molar-refractivity contribution in [1.29, 1.82) is 0 Å². The van der Waals surface area contributed by atoms with Gasteiger partial charge in [0.2, 0.25) is 17.7 Å². The maximum absolute atomic E-state index is 12.8. The molecule has 16 heteroatoms. The number of carbonyl (C=O) groups excluding carboxylic acids is 3. The quantitative estimate of drug-likeness (QED) is 0.0479. The predicted octanol–water partition coefficient (Wildman–Crippen LogP) is -3.09. The smallest absolute Gasteiger partial charge is 0.326 e. The largest absolute Gasteiger partial charge is 0.481 e. The highest BCUT2D eigenvalue weighted by Gasteiger charge is 2.32. The molecule has 0 aliphatic rings. The van der Waals surface area contributed by atoms with Gasteiger partial charge >= 0.3 is 11.9 Å². The van der Waals surface area contributed by atoms with E-state index < -0.39 is 66.4 Å². The molecule has 0 saturated carbocycles. The van der Waals surface area contributed by atoms with Crippen LogP contribution in [0, 0.1) is 0 Å². The molecule has 36 heavy (non-hydrogen) atoms. The van der Waals surface area contributed by atoms with Crippen molar-refractivity contribution in [1.82, 2.24) is 16.0 Å². The van der Waals surface area contributed by atoms with Crippen LogP contribution in [0.4, 0.5) is 0 Å². The molecule has 5 unspecified atom stereocenters. The van der Waals surface area contributed by atoms with E-state index in [-0.39, 0.29) is 31.8 Å². The minimum Gasteiger partial charge on any atom is -0.481 e. The normalized spacial score (nSPS) is 14.9. The Hall–Kier alpha value is -3.11. The molecule has 0 saturated heterocycles. The van der Waals surface area contributed by atoms with Crippen molar-refractivity contribution < 1.29 is 39.3 Å². The van der Waals surface area contributed by atoms with Gasteiger partial charge in [-0.05, 0) is 44.6 Å². The van der Waals surface area contributed by atoms with Crippen LogP contribution in [0.25, 0.3) is 0 Å². The number of nitrogens with two attached hydrogens (primary N) is 3. The Morgan fingerprint density at radius 1 is 0.917 bits per heavy atom. The van der Waals surface area contributed by atoms with Gasteiger partial charge in [0.1, 0.15) is 18.1 Å². The number of thioether (sulfide) groups is 1. The number of carbonyl (C=O) groups is 5. The lowest BCUT2D eigenvalue weighted by Crippen LogP contribution is -2.59. The summed E-state index contributed by atoms with van der Waals surface area (Å²) in [7, 11) is 0. The van der Waals surface area contributed by atoms with Gasteiger partial charge in [-0.3, -0.25) is 24.2 Å². The van der Waals surface area contributed by atoms with Crippen molar-refractivity contribution in [3.8, 4) is 0 Å². The van der Waals surface area contributed by atoms with Crippen LogP contribution < -0.4 is 33.2 Å². The second-order valence-corrected chi connectivity index (χ2v) is 8.94. The summed E-state index contributed by atoms with van der Waals surface area (Å²) < 4.78 is 0. The average molecular weight is 536 g/mol. The van der Waals surface area contributed by atoms with E-state index >= 15 is 0 Å². The Kier molecular flexibility index (Phi) is 15.8. The summed E-state index contributed by atoms with van der Waals surface area (Å²) in [5.41, 5.74) is 16.2. The van der Waals surface area contributed by atoms with Crippen LogP contribution in [0.2, 0.25) is 0 Å². The molecule has 206 valence electrons. The first-order chi connectivity index (χ1) is 16.8. The summed E-state index contributed by atoms with van der Waals surface area (Å²) in [5.74, 6) is -4.77. The van der Waals surface area contributed by atoms with E-state index in [1.165, 1.54) is 18.7 Å². The van der Waals surface area contributed by atoms with Crippen molar-refractivity contribution in [2.45, 2.75) is 69.3 Å². The number of aliphatic hydroxyl groups excluding tert-OH is 1. The Labute approximate surface area is 213 Å². The molecular weight excluding hydrogens is 498 g/mol. The molecule has 15 nitrogen and oxygen atoms in total. The number of aliphatic hydroxyl groups is 1. The van der Waals surface area contributed by atoms with Crippen LogP contribution in [-0.4, -0.2) is 99.8 Å². The SMILES string of the molecule is CSCCC(N)C(=O)NC(CCC(=O)O)C(=O)NC(C(=O)NC(CCCN=C(N)N)C(=O)O)C(C)O. The van der Waals surface area contributed by atoms with E-state index in [4.69, 9.17) is 22.3 Å². The minimum absolute atomic E-state index is 0.0381. The zero-order valence-electron chi connectivity index (χ0n) is 20.3. The number of nitrogens with zero attached hydrogens (tertiary/aromatic N) is 1. The number of amides is 3.